The molecule has 2 heterocycles. The molecule has 50 heavy (non-hydrogen) atoms. The van der Waals surface area contributed by atoms with Gasteiger partial charge in [0.05, 0.1) is 5.39 Å². The van der Waals surface area contributed by atoms with E-state index in [9.17, 15) is 0 Å². The SMILES string of the molecule is c1ccc(-c2c(-c3c4ccccc4c(-c4cc5ccccc5c5ccccc45)c4ccccc34)oc3ccc4c5ccccc5oc4c23)cc1. The molecule has 2 nitrogen and oxygen atoms in total. The van der Waals surface area contributed by atoms with Gasteiger partial charge in [-0.2, -0.15) is 0 Å². The smallest absolute Gasteiger partial charge is 0.147 e. The summed E-state index contributed by atoms with van der Waals surface area (Å²) in [4.78, 5) is 0. The van der Waals surface area contributed by atoms with Crippen LogP contribution >= 0.6 is 0 Å². The first-order valence-corrected chi connectivity index (χ1v) is 17.1. The van der Waals surface area contributed by atoms with Gasteiger partial charge in [-0.1, -0.05) is 146 Å². The topological polar surface area (TPSA) is 26.3 Å². The lowest BCUT2D eigenvalue weighted by atomic mass is 9.84. The van der Waals surface area contributed by atoms with E-state index in [1.54, 1.807) is 0 Å². The molecule has 0 saturated carbocycles. The highest BCUT2D eigenvalue weighted by molar-refractivity contribution is 6.28. The quantitative estimate of drug-likeness (QED) is 0.142. The predicted molar refractivity (Wildman–Crippen MR) is 210 cm³/mol. The van der Waals surface area contributed by atoms with Crippen LogP contribution in [0.15, 0.2) is 179 Å². The summed E-state index contributed by atoms with van der Waals surface area (Å²) in [5, 5.41) is 12.9. The minimum atomic E-state index is 0.808. The molecule has 0 unspecified atom stereocenters. The second-order valence-corrected chi connectivity index (χ2v) is 13.1. The predicted octanol–water partition coefficient (Wildman–Crippen LogP) is 13.9. The molecule has 0 spiro atoms. The summed E-state index contributed by atoms with van der Waals surface area (Å²) >= 11 is 0. The second-order valence-electron chi connectivity index (χ2n) is 13.1. The Kier molecular flexibility index (Phi) is 5.70. The summed E-state index contributed by atoms with van der Waals surface area (Å²) in [7, 11) is 0. The molecular weight excluding hydrogens is 609 g/mol. The Hall–Kier alpha value is -6.64. The van der Waals surface area contributed by atoms with Crippen molar-refractivity contribution in [2.75, 3.05) is 0 Å². The summed E-state index contributed by atoms with van der Waals surface area (Å²) in [5.41, 5.74) is 8.23. The molecule has 232 valence electrons. The highest BCUT2D eigenvalue weighted by Gasteiger charge is 2.27. The van der Waals surface area contributed by atoms with Crippen LogP contribution in [0.4, 0.5) is 0 Å². The van der Waals surface area contributed by atoms with Crippen LogP contribution < -0.4 is 0 Å². The first kappa shape index (κ1) is 27.3. The Morgan fingerprint density at radius 2 is 0.880 bits per heavy atom. The van der Waals surface area contributed by atoms with Crippen LogP contribution in [0.2, 0.25) is 0 Å². The second kappa shape index (κ2) is 10.4. The Morgan fingerprint density at radius 1 is 0.320 bits per heavy atom. The maximum absolute atomic E-state index is 7.07. The molecule has 0 aliphatic rings. The minimum absolute atomic E-state index is 0.808. The number of furan rings is 2. The van der Waals surface area contributed by atoms with E-state index >= 15 is 0 Å². The largest absolute Gasteiger partial charge is 0.455 e. The lowest BCUT2D eigenvalue weighted by Gasteiger charge is -2.19. The van der Waals surface area contributed by atoms with Gasteiger partial charge in [-0.3, -0.25) is 0 Å². The van der Waals surface area contributed by atoms with Crippen LogP contribution in [0.5, 0.6) is 0 Å². The molecule has 0 fully saturated rings. The third kappa shape index (κ3) is 3.79. The molecule has 0 amide bonds. The maximum Gasteiger partial charge on any atom is 0.147 e. The highest BCUT2D eigenvalue weighted by Crippen LogP contribution is 2.51. The van der Waals surface area contributed by atoms with Gasteiger partial charge in [0.2, 0.25) is 0 Å². The third-order valence-corrected chi connectivity index (χ3v) is 10.5. The number of rotatable bonds is 3. The average molecular weight is 637 g/mol. The Bertz CT molecular complexity index is 3080. The van der Waals surface area contributed by atoms with Crippen molar-refractivity contribution >= 4 is 76.0 Å². The number of benzene rings is 9. The van der Waals surface area contributed by atoms with E-state index in [4.69, 9.17) is 8.83 Å². The average Bonchev–Trinajstić information content (AvgIpc) is 3.76. The molecule has 11 rings (SSSR count). The van der Waals surface area contributed by atoms with Crippen molar-refractivity contribution < 1.29 is 8.83 Å². The van der Waals surface area contributed by atoms with Crippen molar-refractivity contribution in [3.63, 3.8) is 0 Å². The van der Waals surface area contributed by atoms with E-state index in [-0.39, 0.29) is 0 Å². The number of fused-ring (bicyclic) bond motifs is 10. The molecule has 2 heteroatoms. The molecule has 9 aromatic carbocycles. The lowest BCUT2D eigenvalue weighted by molar-refractivity contribution is 0.633. The van der Waals surface area contributed by atoms with Gasteiger partial charge in [-0.05, 0) is 84.0 Å². The minimum Gasteiger partial charge on any atom is -0.455 e. The number of hydrogen-bond donors (Lipinski definition) is 0. The van der Waals surface area contributed by atoms with Crippen LogP contribution in [-0.4, -0.2) is 0 Å². The third-order valence-electron chi connectivity index (χ3n) is 10.5. The van der Waals surface area contributed by atoms with Crippen molar-refractivity contribution in [3.05, 3.63) is 170 Å². The molecular formula is C48H28O2. The van der Waals surface area contributed by atoms with E-state index < -0.39 is 0 Å². The first-order chi connectivity index (χ1) is 24.8. The molecule has 0 saturated heterocycles. The van der Waals surface area contributed by atoms with Gasteiger partial charge < -0.3 is 8.83 Å². The number of para-hydroxylation sites is 1. The van der Waals surface area contributed by atoms with Gasteiger partial charge in [0, 0.05) is 21.9 Å². The first-order valence-electron chi connectivity index (χ1n) is 17.1. The van der Waals surface area contributed by atoms with Crippen LogP contribution in [-0.2, 0) is 0 Å². The van der Waals surface area contributed by atoms with Gasteiger partial charge in [0.15, 0.2) is 0 Å². The van der Waals surface area contributed by atoms with Gasteiger partial charge in [-0.25, -0.2) is 0 Å². The molecule has 0 bridgehead atoms. The van der Waals surface area contributed by atoms with E-state index in [0.29, 0.717) is 0 Å². The van der Waals surface area contributed by atoms with Gasteiger partial charge in [0.1, 0.15) is 22.5 Å². The Labute approximate surface area is 287 Å². The molecule has 0 aliphatic carbocycles. The van der Waals surface area contributed by atoms with Crippen molar-refractivity contribution in [2.24, 2.45) is 0 Å². The molecule has 0 atom stereocenters. The molecule has 0 aliphatic heterocycles. The fraction of sp³-hybridized carbons (Fsp3) is 0. The standard InChI is InChI=1S/C48H28O2/c1-2-14-29(15-3-1)43-46-42(27-26-39-34-20-12-13-25-41(34)49-47(39)46)50-48(43)45-37-23-10-8-21-35(37)44(36-22-9-11-24-38(36)45)40-28-30-16-4-5-17-31(30)32-18-6-7-19-33(32)40/h1-28H. The van der Waals surface area contributed by atoms with Gasteiger partial charge in [-0.15, -0.1) is 0 Å². The van der Waals surface area contributed by atoms with E-state index in [1.165, 1.54) is 43.4 Å². The summed E-state index contributed by atoms with van der Waals surface area (Å²) in [6.07, 6.45) is 0. The summed E-state index contributed by atoms with van der Waals surface area (Å²) < 4.78 is 13.7. The number of hydrogen-bond acceptors (Lipinski definition) is 2. The van der Waals surface area contributed by atoms with Crippen LogP contribution in [0.3, 0.4) is 0 Å². The van der Waals surface area contributed by atoms with E-state index in [2.05, 4.69) is 158 Å². The van der Waals surface area contributed by atoms with Crippen molar-refractivity contribution in [2.45, 2.75) is 0 Å². The van der Waals surface area contributed by atoms with E-state index in [0.717, 1.165) is 66.1 Å². The summed E-state index contributed by atoms with van der Waals surface area (Å²) in [6, 6.07) is 60.7. The van der Waals surface area contributed by atoms with Crippen LogP contribution in [0.25, 0.3) is 110 Å². The van der Waals surface area contributed by atoms with Crippen LogP contribution in [0, 0.1) is 0 Å². The van der Waals surface area contributed by atoms with E-state index in [1.807, 2.05) is 12.1 Å². The fourth-order valence-electron chi connectivity index (χ4n) is 8.35. The van der Waals surface area contributed by atoms with Crippen molar-refractivity contribution in [1.29, 1.82) is 0 Å². The Balaban J connectivity index is 1.32. The zero-order valence-corrected chi connectivity index (χ0v) is 27.0. The van der Waals surface area contributed by atoms with Gasteiger partial charge in [0.25, 0.3) is 0 Å². The fourth-order valence-corrected chi connectivity index (χ4v) is 8.35. The zero-order chi connectivity index (χ0) is 32.8. The summed E-state index contributed by atoms with van der Waals surface area (Å²) in [5.74, 6) is 0.849. The monoisotopic (exact) mass is 636 g/mol. The summed E-state index contributed by atoms with van der Waals surface area (Å²) in [6.45, 7) is 0. The van der Waals surface area contributed by atoms with Crippen molar-refractivity contribution in [3.8, 4) is 33.6 Å². The van der Waals surface area contributed by atoms with Crippen molar-refractivity contribution in [1.82, 2.24) is 0 Å². The molecule has 0 radical (unpaired) electrons. The molecule has 11 aromatic rings. The lowest BCUT2D eigenvalue weighted by Crippen LogP contribution is -1.92. The normalized spacial score (nSPS) is 12.0. The highest BCUT2D eigenvalue weighted by atomic mass is 16.3. The zero-order valence-electron chi connectivity index (χ0n) is 27.0. The maximum atomic E-state index is 7.07. The Morgan fingerprint density at radius 3 is 1.60 bits per heavy atom. The molecule has 0 N–H and O–H groups in total. The van der Waals surface area contributed by atoms with Gasteiger partial charge >= 0.3 is 0 Å². The van der Waals surface area contributed by atoms with Crippen LogP contribution in [0.1, 0.15) is 0 Å². The molecule has 2 aromatic heterocycles.